The lowest BCUT2D eigenvalue weighted by Crippen LogP contribution is -2.42. The van der Waals surface area contributed by atoms with Gasteiger partial charge in [0.25, 0.3) is 0 Å². The van der Waals surface area contributed by atoms with Gasteiger partial charge in [-0.2, -0.15) is 0 Å². The molecule has 1 heterocycles. The summed E-state index contributed by atoms with van der Waals surface area (Å²) in [6, 6.07) is 2.95. The quantitative estimate of drug-likeness (QED) is 0.627. The Labute approximate surface area is 126 Å². The Morgan fingerprint density at radius 1 is 1.44 bits per heavy atom. The van der Waals surface area contributed by atoms with Gasteiger partial charge in [-0.3, -0.25) is 0 Å². The zero-order valence-electron chi connectivity index (χ0n) is 11.0. The first kappa shape index (κ1) is 14.7. The number of hydrogen-bond acceptors (Lipinski definition) is 4. The standard InChI is InChI=1S/C13H20INO2S/c1-8(13(16-2)17-3)15-10-5-4-6-11-9(10)7-12(14)18-11/h7-8,10,13,15H,4-6H2,1-3H3. The van der Waals surface area contributed by atoms with Crippen molar-refractivity contribution in [2.45, 2.75) is 44.6 Å². The smallest absolute Gasteiger partial charge is 0.171 e. The normalized spacial score (nSPS) is 21.1. The second-order valence-electron chi connectivity index (χ2n) is 4.67. The van der Waals surface area contributed by atoms with Crippen molar-refractivity contribution in [2.24, 2.45) is 0 Å². The molecular weight excluding hydrogens is 361 g/mol. The monoisotopic (exact) mass is 381 g/mol. The van der Waals surface area contributed by atoms with Crippen LogP contribution in [-0.2, 0) is 15.9 Å². The van der Waals surface area contributed by atoms with E-state index in [4.69, 9.17) is 9.47 Å². The SMILES string of the molecule is COC(OC)C(C)NC1CCCc2sc(I)cc21. The van der Waals surface area contributed by atoms with Gasteiger partial charge in [0.1, 0.15) is 0 Å². The lowest BCUT2D eigenvalue weighted by Gasteiger charge is -2.30. The summed E-state index contributed by atoms with van der Waals surface area (Å²) < 4.78 is 12.0. The second-order valence-corrected chi connectivity index (χ2v) is 7.70. The molecule has 1 aliphatic rings. The van der Waals surface area contributed by atoms with Gasteiger partial charge < -0.3 is 14.8 Å². The maximum atomic E-state index is 5.31. The van der Waals surface area contributed by atoms with Gasteiger partial charge in [0.15, 0.2) is 6.29 Å². The summed E-state index contributed by atoms with van der Waals surface area (Å²) >= 11 is 4.34. The molecule has 0 aliphatic heterocycles. The molecule has 102 valence electrons. The zero-order chi connectivity index (χ0) is 13.1. The maximum absolute atomic E-state index is 5.31. The molecule has 1 aromatic rings. The first-order valence-electron chi connectivity index (χ1n) is 6.25. The van der Waals surface area contributed by atoms with Crippen molar-refractivity contribution in [3.05, 3.63) is 19.4 Å². The Morgan fingerprint density at radius 2 is 2.17 bits per heavy atom. The molecule has 0 bridgehead atoms. The van der Waals surface area contributed by atoms with E-state index in [2.05, 4.69) is 40.9 Å². The predicted molar refractivity (Wildman–Crippen MR) is 83.1 cm³/mol. The maximum Gasteiger partial charge on any atom is 0.171 e. The molecule has 2 rings (SSSR count). The van der Waals surface area contributed by atoms with E-state index in [1.807, 2.05) is 11.3 Å². The Morgan fingerprint density at radius 3 is 2.83 bits per heavy atom. The molecule has 1 aromatic heterocycles. The molecule has 0 aromatic carbocycles. The topological polar surface area (TPSA) is 30.5 Å². The van der Waals surface area contributed by atoms with E-state index in [-0.39, 0.29) is 12.3 Å². The first-order chi connectivity index (χ1) is 8.65. The van der Waals surface area contributed by atoms with Crippen molar-refractivity contribution >= 4 is 33.9 Å². The molecule has 1 N–H and O–H groups in total. The number of thiophene rings is 1. The van der Waals surface area contributed by atoms with Crippen molar-refractivity contribution in [3.63, 3.8) is 0 Å². The number of nitrogens with one attached hydrogen (secondary N) is 1. The highest BCUT2D eigenvalue weighted by Gasteiger charge is 2.26. The summed E-state index contributed by atoms with van der Waals surface area (Å²) in [4.78, 5) is 1.54. The minimum Gasteiger partial charge on any atom is -0.354 e. The van der Waals surface area contributed by atoms with E-state index < -0.39 is 0 Å². The van der Waals surface area contributed by atoms with Crippen molar-refractivity contribution in [1.82, 2.24) is 5.32 Å². The molecule has 0 radical (unpaired) electrons. The van der Waals surface area contributed by atoms with Crippen LogP contribution in [0, 0.1) is 2.88 Å². The summed E-state index contributed by atoms with van der Waals surface area (Å²) in [5.41, 5.74) is 1.48. The third-order valence-electron chi connectivity index (χ3n) is 3.42. The summed E-state index contributed by atoms with van der Waals surface area (Å²) in [7, 11) is 3.37. The van der Waals surface area contributed by atoms with E-state index in [9.17, 15) is 0 Å². The van der Waals surface area contributed by atoms with Gasteiger partial charge in [-0.05, 0) is 60.4 Å². The molecule has 2 atom stereocenters. The minimum absolute atomic E-state index is 0.187. The summed E-state index contributed by atoms with van der Waals surface area (Å²) in [5, 5.41) is 3.64. The third kappa shape index (κ3) is 3.25. The van der Waals surface area contributed by atoms with Crippen LogP contribution in [0.1, 0.15) is 36.2 Å². The number of ether oxygens (including phenoxy) is 2. The van der Waals surface area contributed by atoms with E-state index in [0.29, 0.717) is 6.04 Å². The van der Waals surface area contributed by atoms with Gasteiger partial charge in [0, 0.05) is 25.1 Å². The van der Waals surface area contributed by atoms with Crippen LogP contribution in [0.5, 0.6) is 0 Å². The van der Waals surface area contributed by atoms with Crippen LogP contribution < -0.4 is 5.32 Å². The van der Waals surface area contributed by atoms with E-state index >= 15 is 0 Å². The second kappa shape index (κ2) is 6.65. The van der Waals surface area contributed by atoms with Gasteiger partial charge in [0.2, 0.25) is 0 Å². The van der Waals surface area contributed by atoms with Crippen LogP contribution in [0.4, 0.5) is 0 Å². The Bertz CT molecular complexity index is 392. The lowest BCUT2D eigenvalue weighted by molar-refractivity contribution is -0.121. The average Bonchev–Trinajstić information content (AvgIpc) is 2.72. The van der Waals surface area contributed by atoms with Crippen LogP contribution in [0.15, 0.2) is 6.07 Å². The van der Waals surface area contributed by atoms with Crippen molar-refractivity contribution < 1.29 is 9.47 Å². The van der Waals surface area contributed by atoms with Crippen LogP contribution in [-0.4, -0.2) is 26.6 Å². The number of halogens is 1. The van der Waals surface area contributed by atoms with E-state index in [1.165, 1.54) is 27.7 Å². The van der Waals surface area contributed by atoms with Crippen LogP contribution in [0.25, 0.3) is 0 Å². The van der Waals surface area contributed by atoms with Gasteiger partial charge in [-0.15, -0.1) is 11.3 Å². The predicted octanol–water partition coefficient (Wildman–Crippen LogP) is 3.33. The Balaban J connectivity index is 2.06. The van der Waals surface area contributed by atoms with Crippen LogP contribution in [0.2, 0.25) is 0 Å². The van der Waals surface area contributed by atoms with Gasteiger partial charge in [-0.1, -0.05) is 0 Å². The van der Waals surface area contributed by atoms with Gasteiger partial charge >= 0.3 is 0 Å². The van der Waals surface area contributed by atoms with Crippen LogP contribution in [0.3, 0.4) is 0 Å². The number of aryl methyl sites for hydroxylation is 1. The fourth-order valence-electron chi connectivity index (χ4n) is 2.59. The van der Waals surface area contributed by atoms with Crippen molar-refractivity contribution in [1.29, 1.82) is 0 Å². The molecule has 0 amide bonds. The molecular formula is C13H20INO2S. The molecule has 0 saturated heterocycles. The molecule has 0 fully saturated rings. The third-order valence-corrected chi connectivity index (χ3v) is 5.39. The number of methoxy groups -OCH3 is 2. The Kier molecular flexibility index (Phi) is 5.44. The number of hydrogen-bond donors (Lipinski definition) is 1. The highest BCUT2D eigenvalue weighted by Crippen LogP contribution is 2.36. The van der Waals surface area contributed by atoms with Crippen LogP contribution >= 0.6 is 33.9 Å². The summed E-state index contributed by atoms with van der Waals surface area (Å²) in [6.07, 6.45) is 3.50. The highest BCUT2D eigenvalue weighted by molar-refractivity contribution is 14.1. The zero-order valence-corrected chi connectivity index (χ0v) is 14.0. The summed E-state index contributed by atoms with van der Waals surface area (Å²) in [5.74, 6) is 0. The molecule has 0 spiro atoms. The number of rotatable bonds is 5. The van der Waals surface area contributed by atoms with Gasteiger partial charge in [0.05, 0.1) is 8.93 Å². The fourth-order valence-corrected chi connectivity index (χ4v) is 4.71. The fraction of sp³-hybridized carbons (Fsp3) is 0.692. The van der Waals surface area contributed by atoms with Crippen molar-refractivity contribution in [2.75, 3.05) is 14.2 Å². The van der Waals surface area contributed by atoms with E-state index in [0.717, 1.165) is 0 Å². The number of fused-ring (bicyclic) bond motifs is 1. The first-order valence-corrected chi connectivity index (χ1v) is 8.15. The molecule has 5 heteroatoms. The summed E-state index contributed by atoms with van der Waals surface area (Å²) in [6.45, 7) is 2.11. The molecule has 1 aliphatic carbocycles. The largest absolute Gasteiger partial charge is 0.354 e. The molecule has 3 nitrogen and oxygen atoms in total. The van der Waals surface area contributed by atoms with E-state index in [1.54, 1.807) is 19.1 Å². The molecule has 18 heavy (non-hydrogen) atoms. The molecule has 0 saturated carbocycles. The minimum atomic E-state index is -0.187. The van der Waals surface area contributed by atoms with Gasteiger partial charge in [-0.25, -0.2) is 0 Å². The molecule has 2 unspecified atom stereocenters. The average molecular weight is 381 g/mol. The van der Waals surface area contributed by atoms with Crippen molar-refractivity contribution in [3.8, 4) is 0 Å². The highest BCUT2D eigenvalue weighted by atomic mass is 127. The Hall–Kier alpha value is 0.310. The lowest BCUT2D eigenvalue weighted by atomic mass is 9.93.